The van der Waals surface area contributed by atoms with E-state index in [-0.39, 0.29) is 12.0 Å². The molecule has 1 heterocycles. The molecule has 0 atom stereocenters. The van der Waals surface area contributed by atoms with E-state index < -0.39 is 16.2 Å². The first-order valence-corrected chi connectivity index (χ1v) is 4.37. The van der Waals surface area contributed by atoms with Gasteiger partial charge < -0.3 is 9.78 Å². The van der Waals surface area contributed by atoms with Crippen LogP contribution in [0, 0.1) is 28.9 Å². The Morgan fingerprint density at radius 2 is 2.31 bits per heavy atom. The van der Waals surface area contributed by atoms with E-state index >= 15 is 0 Å². The first-order chi connectivity index (χ1) is 7.57. The van der Waals surface area contributed by atoms with Gasteiger partial charge in [-0.3, -0.25) is 14.9 Å². The van der Waals surface area contributed by atoms with Crippen molar-refractivity contribution in [2.45, 2.75) is 13.3 Å². The lowest BCUT2D eigenvalue weighted by molar-refractivity contribution is -0.386. The predicted octanol–water partition coefficient (Wildman–Crippen LogP) is 0.532. The van der Waals surface area contributed by atoms with Gasteiger partial charge in [-0.15, -0.1) is 0 Å². The largest absolute Gasteiger partial charge is 0.337 e. The van der Waals surface area contributed by atoms with E-state index in [4.69, 9.17) is 0 Å². The monoisotopic (exact) mass is 220 g/mol. The van der Waals surface area contributed by atoms with Crippen molar-refractivity contribution in [3.63, 3.8) is 0 Å². The Labute approximate surface area is 90.5 Å². The number of pyridine rings is 1. The van der Waals surface area contributed by atoms with Crippen LogP contribution in [-0.4, -0.2) is 16.2 Å². The first kappa shape index (κ1) is 11.7. The van der Waals surface area contributed by atoms with Crippen molar-refractivity contribution in [2.24, 2.45) is 0 Å². The zero-order chi connectivity index (χ0) is 12.1. The molecule has 0 spiro atoms. The van der Waals surface area contributed by atoms with Gasteiger partial charge in [0.25, 0.3) is 0 Å². The van der Waals surface area contributed by atoms with Gasteiger partial charge in [0.2, 0.25) is 0 Å². The van der Waals surface area contributed by atoms with Crippen LogP contribution in [0.4, 0.5) is 5.69 Å². The maximum absolute atomic E-state index is 11.2. The number of nitrogens with zero attached hydrogens (tertiary/aromatic N) is 1. The number of hydrogen-bond donors (Lipinski definition) is 1. The topological polar surface area (TPSA) is 93.1 Å². The molecule has 0 bridgehead atoms. The standard InChI is InChI=1S/C10H8N2O4/c1-7-8(4-2-3-5-13)6-11-10(14)9(7)12(15)16/h5-6H,3H2,1H3,(H,11,14). The second-order valence-electron chi connectivity index (χ2n) is 2.93. The van der Waals surface area contributed by atoms with Crippen molar-refractivity contribution < 1.29 is 9.72 Å². The Kier molecular flexibility index (Phi) is 3.56. The molecule has 0 radical (unpaired) electrons. The number of carbonyl (C=O) groups excluding carboxylic acids is 1. The summed E-state index contributed by atoms with van der Waals surface area (Å²) in [5, 5.41) is 10.6. The number of aldehydes is 1. The fourth-order valence-corrected chi connectivity index (χ4v) is 1.15. The SMILES string of the molecule is Cc1c(C#CCC=O)c[nH]c(=O)c1[N+](=O)[O-]. The predicted molar refractivity (Wildman–Crippen MR) is 56.0 cm³/mol. The molecule has 1 aromatic heterocycles. The van der Waals surface area contributed by atoms with Gasteiger partial charge in [0, 0.05) is 11.8 Å². The van der Waals surface area contributed by atoms with E-state index in [1.54, 1.807) is 0 Å². The molecule has 1 rings (SSSR count). The minimum atomic E-state index is -0.761. The summed E-state index contributed by atoms with van der Waals surface area (Å²) in [6, 6.07) is 0. The molecule has 0 amide bonds. The van der Waals surface area contributed by atoms with Crippen LogP contribution in [0.15, 0.2) is 11.0 Å². The van der Waals surface area contributed by atoms with Crippen LogP contribution < -0.4 is 5.56 Å². The third-order valence-corrected chi connectivity index (χ3v) is 1.91. The van der Waals surface area contributed by atoms with Crippen molar-refractivity contribution in [3.05, 3.63) is 37.8 Å². The number of aromatic nitrogens is 1. The van der Waals surface area contributed by atoms with Gasteiger partial charge in [-0.05, 0) is 6.92 Å². The lowest BCUT2D eigenvalue weighted by atomic mass is 10.1. The van der Waals surface area contributed by atoms with E-state index in [0.29, 0.717) is 11.8 Å². The molecule has 16 heavy (non-hydrogen) atoms. The third-order valence-electron chi connectivity index (χ3n) is 1.91. The van der Waals surface area contributed by atoms with Crippen LogP contribution in [0.5, 0.6) is 0 Å². The highest BCUT2D eigenvalue weighted by Gasteiger charge is 2.18. The second-order valence-corrected chi connectivity index (χ2v) is 2.93. The normalized spacial score (nSPS) is 9.06. The Hall–Kier alpha value is -2.42. The molecular formula is C10H8N2O4. The number of carbonyl (C=O) groups is 1. The van der Waals surface area contributed by atoms with Crippen molar-refractivity contribution in [1.82, 2.24) is 4.98 Å². The average Bonchev–Trinajstić information content (AvgIpc) is 2.21. The number of nitro groups is 1. The van der Waals surface area contributed by atoms with Crippen molar-refractivity contribution in [1.29, 1.82) is 0 Å². The molecule has 0 aromatic carbocycles. The first-order valence-electron chi connectivity index (χ1n) is 4.37. The van der Waals surface area contributed by atoms with Crippen molar-refractivity contribution >= 4 is 12.0 Å². The number of rotatable bonds is 2. The van der Waals surface area contributed by atoms with Crippen LogP contribution in [0.25, 0.3) is 0 Å². The molecule has 0 unspecified atom stereocenters. The maximum atomic E-state index is 11.2. The minimum absolute atomic E-state index is 0.0480. The van der Waals surface area contributed by atoms with E-state index in [0.717, 1.165) is 0 Å². The van der Waals surface area contributed by atoms with Crippen molar-refractivity contribution in [3.8, 4) is 11.8 Å². The summed E-state index contributed by atoms with van der Waals surface area (Å²) >= 11 is 0. The molecule has 1 aromatic rings. The van der Waals surface area contributed by atoms with Crippen molar-refractivity contribution in [2.75, 3.05) is 0 Å². The van der Waals surface area contributed by atoms with E-state index in [2.05, 4.69) is 16.8 Å². The lowest BCUT2D eigenvalue weighted by Gasteiger charge is -1.98. The van der Waals surface area contributed by atoms with Crippen LogP contribution in [0.3, 0.4) is 0 Å². The summed E-state index contributed by atoms with van der Waals surface area (Å²) in [6.45, 7) is 1.44. The molecule has 0 fully saturated rings. The van der Waals surface area contributed by atoms with E-state index in [9.17, 15) is 19.7 Å². The maximum Gasteiger partial charge on any atom is 0.337 e. The quantitative estimate of drug-likeness (QED) is 0.340. The summed E-state index contributed by atoms with van der Waals surface area (Å²) in [7, 11) is 0. The number of hydrogen-bond acceptors (Lipinski definition) is 4. The zero-order valence-electron chi connectivity index (χ0n) is 8.44. The molecule has 0 saturated carbocycles. The summed E-state index contributed by atoms with van der Waals surface area (Å²) in [5.74, 6) is 5.10. The van der Waals surface area contributed by atoms with Gasteiger partial charge in [-0.2, -0.15) is 0 Å². The minimum Gasteiger partial charge on any atom is -0.322 e. The van der Waals surface area contributed by atoms with Gasteiger partial charge in [0.15, 0.2) is 0 Å². The van der Waals surface area contributed by atoms with Gasteiger partial charge in [0.05, 0.1) is 16.9 Å². The van der Waals surface area contributed by atoms with Crippen LogP contribution in [0.2, 0.25) is 0 Å². The summed E-state index contributed by atoms with van der Waals surface area (Å²) in [5.41, 5.74) is -0.735. The number of nitrogens with one attached hydrogen (secondary N) is 1. The summed E-state index contributed by atoms with van der Waals surface area (Å²) in [4.78, 5) is 33.3. The Balaban J connectivity index is 3.31. The highest BCUT2D eigenvalue weighted by Crippen LogP contribution is 2.14. The fourth-order valence-electron chi connectivity index (χ4n) is 1.15. The van der Waals surface area contributed by atoms with Crippen LogP contribution in [-0.2, 0) is 4.79 Å². The van der Waals surface area contributed by atoms with Gasteiger partial charge in [0.1, 0.15) is 6.29 Å². The molecule has 0 aliphatic rings. The van der Waals surface area contributed by atoms with Crippen LogP contribution >= 0.6 is 0 Å². The van der Waals surface area contributed by atoms with E-state index in [1.165, 1.54) is 13.1 Å². The average molecular weight is 220 g/mol. The van der Waals surface area contributed by atoms with Gasteiger partial charge in [-0.1, -0.05) is 11.8 Å². The lowest BCUT2D eigenvalue weighted by Crippen LogP contribution is -2.13. The molecule has 6 heteroatoms. The molecule has 0 saturated heterocycles. The Morgan fingerprint density at radius 1 is 1.62 bits per heavy atom. The Morgan fingerprint density at radius 3 is 2.88 bits per heavy atom. The molecule has 1 N–H and O–H groups in total. The molecule has 0 aliphatic heterocycles. The smallest absolute Gasteiger partial charge is 0.322 e. The second kappa shape index (κ2) is 4.89. The third kappa shape index (κ3) is 2.33. The highest BCUT2D eigenvalue weighted by atomic mass is 16.6. The Bertz CT molecular complexity index is 548. The van der Waals surface area contributed by atoms with E-state index in [1.807, 2.05) is 0 Å². The number of H-pyrrole nitrogens is 1. The highest BCUT2D eigenvalue weighted by molar-refractivity contribution is 5.56. The molecular weight excluding hydrogens is 212 g/mol. The number of aromatic amines is 1. The zero-order valence-corrected chi connectivity index (χ0v) is 8.44. The van der Waals surface area contributed by atoms with Crippen LogP contribution in [0.1, 0.15) is 17.5 Å². The molecule has 6 nitrogen and oxygen atoms in total. The molecule has 82 valence electrons. The fraction of sp³-hybridized carbons (Fsp3) is 0.200. The van der Waals surface area contributed by atoms with Gasteiger partial charge >= 0.3 is 11.2 Å². The summed E-state index contributed by atoms with van der Waals surface area (Å²) < 4.78 is 0. The van der Waals surface area contributed by atoms with Gasteiger partial charge in [-0.25, -0.2) is 0 Å². The summed E-state index contributed by atoms with van der Waals surface area (Å²) in [6.07, 6.45) is 1.97. The molecule has 0 aliphatic carbocycles.